The first-order chi connectivity index (χ1) is 18.5. The van der Waals surface area contributed by atoms with Crippen molar-refractivity contribution >= 4 is 16.7 Å². The van der Waals surface area contributed by atoms with E-state index in [1.165, 1.54) is 7.11 Å². The summed E-state index contributed by atoms with van der Waals surface area (Å²) in [5.41, 5.74) is 0.716. The van der Waals surface area contributed by atoms with E-state index in [0.717, 1.165) is 50.0 Å². The predicted molar refractivity (Wildman–Crippen MR) is 138 cm³/mol. The minimum absolute atomic E-state index is 0.0402. The Hall–Kier alpha value is -2.42. The van der Waals surface area contributed by atoms with Crippen LogP contribution in [0.1, 0.15) is 75.8 Å². The van der Waals surface area contributed by atoms with Gasteiger partial charge in [0.2, 0.25) is 0 Å². The number of fused-ring (bicyclic) bond motifs is 3. The lowest BCUT2D eigenvalue weighted by molar-refractivity contribution is -0.185. The number of alkyl halides is 5. The third-order valence-electron chi connectivity index (χ3n) is 9.00. The molecule has 1 saturated carbocycles. The smallest absolute Gasteiger partial charge is 0.391 e. The molecule has 2 aromatic carbocycles. The third-order valence-corrected chi connectivity index (χ3v) is 9.00. The molecular formula is C30H36F5NO3. The van der Waals surface area contributed by atoms with Crippen molar-refractivity contribution in [1.82, 2.24) is 4.90 Å². The topological polar surface area (TPSA) is 38.8 Å². The number of methoxy groups -OCH3 is 1. The van der Waals surface area contributed by atoms with Gasteiger partial charge in [-0.25, -0.2) is 8.78 Å². The highest BCUT2D eigenvalue weighted by Crippen LogP contribution is 2.45. The second-order valence-electron chi connectivity index (χ2n) is 11.6. The standard InChI is InChI=1S/C30H36F5NO3/c1-29(31,32)27-25-8-3-5-18(17-36-21-6-4-7-22(36)16-19(15-21)28(37)38-2)24(25)13-14-26(27)39-23-11-9-20(10-12-23)30(33,34)35/h3,5,8,13-14,19-23H,4,6-7,9-12,15-17H2,1-2H3/t19?,20-,21?,22?,23+. The number of ether oxygens (including phenoxy) is 2. The average Bonchev–Trinajstić information content (AvgIpc) is 2.87. The van der Waals surface area contributed by atoms with E-state index in [2.05, 4.69) is 4.90 Å². The number of benzene rings is 2. The van der Waals surface area contributed by atoms with Crippen LogP contribution in [-0.4, -0.2) is 42.3 Å². The molecule has 1 aliphatic carbocycles. The van der Waals surface area contributed by atoms with Crippen molar-refractivity contribution in [2.45, 2.75) is 102 Å². The number of halogens is 5. The highest BCUT2D eigenvalue weighted by Gasteiger charge is 2.43. The molecule has 0 spiro atoms. The molecule has 0 amide bonds. The monoisotopic (exact) mass is 553 g/mol. The Morgan fingerprint density at radius 3 is 2.18 bits per heavy atom. The molecular weight excluding hydrogens is 517 g/mol. The van der Waals surface area contributed by atoms with Gasteiger partial charge in [-0.3, -0.25) is 9.69 Å². The summed E-state index contributed by atoms with van der Waals surface area (Å²) in [6, 6.07) is 9.23. The van der Waals surface area contributed by atoms with Gasteiger partial charge in [-0.1, -0.05) is 30.7 Å². The van der Waals surface area contributed by atoms with Crippen LogP contribution in [0.25, 0.3) is 10.8 Å². The first-order valence-electron chi connectivity index (χ1n) is 14.0. The molecule has 2 saturated heterocycles. The molecule has 2 unspecified atom stereocenters. The lowest BCUT2D eigenvalue weighted by atomic mass is 9.78. The van der Waals surface area contributed by atoms with Gasteiger partial charge in [0.15, 0.2) is 0 Å². The van der Waals surface area contributed by atoms with Crippen molar-refractivity contribution in [2.75, 3.05) is 7.11 Å². The SMILES string of the molecule is COC(=O)C1CC2CCCC(C1)N2Cc1cccc2c(C(C)(F)F)c(O[C@H]3CC[C@@H](C(F)(F)F)CC3)ccc12. The quantitative estimate of drug-likeness (QED) is 0.271. The summed E-state index contributed by atoms with van der Waals surface area (Å²) in [5.74, 6) is -4.79. The summed E-state index contributed by atoms with van der Waals surface area (Å²) in [5, 5.41) is 1.12. The summed E-state index contributed by atoms with van der Waals surface area (Å²) in [6.07, 6.45) is 0.0394. The molecule has 0 radical (unpaired) electrons. The van der Waals surface area contributed by atoms with Gasteiger partial charge < -0.3 is 9.47 Å². The van der Waals surface area contributed by atoms with Crippen LogP contribution >= 0.6 is 0 Å². The lowest BCUT2D eigenvalue weighted by Gasteiger charge is -2.48. The number of esters is 1. The van der Waals surface area contributed by atoms with Gasteiger partial charge in [0.1, 0.15) is 5.75 Å². The number of carbonyl (C=O) groups excluding carboxylic acids is 1. The zero-order chi connectivity index (χ0) is 27.9. The maximum absolute atomic E-state index is 15.1. The second-order valence-corrected chi connectivity index (χ2v) is 11.6. The fourth-order valence-corrected chi connectivity index (χ4v) is 7.07. The Morgan fingerprint density at radius 1 is 0.923 bits per heavy atom. The maximum atomic E-state index is 15.1. The third kappa shape index (κ3) is 5.88. The van der Waals surface area contributed by atoms with Gasteiger partial charge >= 0.3 is 12.1 Å². The van der Waals surface area contributed by atoms with E-state index in [4.69, 9.17) is 9.47 Å². The van der Waals surface area contributed by atoms with Gasteiger partial charge in [0.05, 0.1) is 30.6 Å². The van der Waals surface area contributed by atoms with Crippen molar-refractivity contribution in [3.05, 3.63) is 41.5 Å². The van der Waals surface area contributed by atoms with Gasteiger partial charge in [-0.2, -0.15) is 13.2 Å². The number of hydrogen-bond donors (Lipinski definition) is 0. The summed E-state index contributed by atoms with van der Waals surface area (Å²) in [7, 11) is 1.42. The van der Waals surface area contributed by atoms with Crippen molar-refractivity contribution in [2.24, 2.45) is 11.8 Å². The molecule has 0 N–H and O–H groups in total. The van der Waals surface area contributed by atoms with Gasteiger partial charge in [0.25, 0.3) is 5.92 Å². The van der Waals surface area contributed by atoms with Gasteiger partial charge in [0, 0.05) is 25.6 Å². The number of rotatable bonds is 6. The molecule has 2 bridgehead atoms. The fraction of sp³-hybridized carbons (Fsp3) is 0.633. The fourth-order valence-electron chi connectivity index (χ4n) is 7.07. The highest BCUT2D eigenvalue weighted by atomic mass is 19.4. The summed E-state index contributed by atoms with van der Waals surface area (Å²) in [6.45, 7) is 1.43. The molecule has 4 nitrogen and oxygen atoms in total. The normalized spacial score (nSPS) is 28.3. The van der Waals surface area contributed by atoms with Gasteiger partial charge in [-0.15, -0.1) is 0 Å². The maximum Gasteiger partial charge on any atom is 0.391 e. The van der Waals surface area contributed by atoms with Crippen LogP contribution in [-0.2, 0) is 22.0 Å². The molecule has 0 aromatic heterocycles. The predicted octanol–water partition coefficient (Wildman–Crippen LogP) is 7.76. The van der Waals surface area contributed by atoms with E-state index in [-0.39, 0.29) is 61.0 Å². The van der Waals surface area contributed by atoms with E-state index in [1.807, 2.05) is 6.07 Å². The Bertz CT molecular complexity index is 1170. The van der Waals surface area contributed by atoms with Crippen LogP contribution in [0, 0.1) is 11.8 Å². The van der Waals surface area contributed by atoms with E-state index in [9.17, 15) is 18.0 Å². The van der Waals surface area contributed by atoms with Crippen LogP contribution < -0.4 is 4.74 Å². The molecule has 3 aliphatic rings. The molecule has 3 fully saturated rings. The molecule has 2 aliphatic heterocycles. The Labute approximate surface area is 225 Å². The molecule has 39 heavy (non-hydrogen) atoms. The van der Waals surface area contributed by atoms with Crippen LogP contribution in [0.5, 0.6) is 5.75 Å². The minimum atomic E-state index is -4.24. The van der Waals surface area contributed by atoms with Crippen LogP contribution in [0.15, 0.2) is 30.3 Å². The Kier molecular flexibility index (Phi) is 7.83. The van der Waals surface area contributed by atoms with E-state index in [1.54, 1.807) is 24.3 Å². The van der Waals surface area contributed by atoms with Crippen molar-refractivity contribution in [1.29, 1.82) is 0 Å². The van der Waals surface area contributed by atoms with E-state index < -0.39 is 24.1 Å². The number of carbonyl (C=O) groups is 1. The Balaban J connectivity index is 1.40. The molecule has 2 atom stereocenters. The van der Waals surface area contributed by atoms with Crippen molar-refractivity contribution in [3.63, 3.8) is 0 Å². The van der Waals surface area contributed by atoms with E-state index >= 15 is 8.78 Å². The second kappa shape index (κ2) is 10.9. The Morgan fingerprint density at radius 2 is 1.59 bits per heavy atom. The minimum Gasteiger partial charge on any atom is -0.490 e. The van der Waals surface area contributed by atoms with Crippen LogP contribution in [0.4, 0.5) is 22.0 Å². The molecule has 2 aromatic rings. The molecule has 214 valence electrons. The van der Waals surface area contributed by atoms with Crippen molar-refractivity contribution < 1.29 is 36.2 Å². The van der Waals surface area contributed by atoms with E-state index in [0.29, 0.717) is 11.9 Å². The number of hydrogen-bond acceptors (Lipinski definition) is 4. The summed E-state index contributed by atoms with van der Waals surface area (Å²) < 4.78 is 80.3. The zero-order valence-electron chi connectivity index (χ0n) is 22.4. The van der Waals surface area contributed by atoms with Gasteiger partial charge in [-0.05, 0) is 73.8 Å². The largest absolute Gasteiger partial charge is 0.490 e. The van der Waals surface area contributed by atoms with Crippen molar-refractivity contribution in [3.8, 4) is 5.75 Å². The average molecular weight is 554 g/mol. The zero-order valence-corrected chi connectivity index (χ0v) is 22.4. The number of nitrogens with zero attached hydrogens (tertiary/aromatic N) is 1. The lowest BCUT2D eigenvalue weighted by Crippen LogP contribution is -2.52. The molecule has 5 rings (SSSR count). The highest BCUT2D eigenvalue weighted by molar-refractivity contribution is 5.91. The van der Waals surface area contributed by atoms with Crippen LogP contribution in [0.2, 0.25) is 0 Å². The summed E-state index contributed by atoms with van der Waals surface area (Å²) in [4.78, 5) is 14.7. The summed E-state index contributed by atoms with van der Waals surface area (Å²) >= 11 is 0. The number of piperidine rings is 2. The molecule has 2 heterocycles. The first-order valence-corrected chi connectivity index (χ1v) is 14.0. The first kappa shape index (κ1) is 28.1. The van der Waals surface area contributed by atoms with Crippen LogP contribution in [0.3, 0.4) is 0 Å². The molecule has 9 heteroatoms.